The van der Waals surface area contributed by atoms with Crippen molar-refractivity contribution in [1.29, 1.82) is 0 Å². The Balaban J connectivity index is 2.37. The van der Waals surface area contributed by atoms with Crippen molar-refractivity contribution in [2.45, 2.75) is 309 Å². The molecule has 2 aromatic rings. The SMILES string of the molecule is CCCCCCCC[N+](CCCCCCCC)(CCCCCCCC)Cc1cc(C)cc(SSc2cc(C)cc(C[N+](CCCCCCCC)(CCCCCCCC)CCCCCCCC)c2)c1. The molecule has 0 amide bonds. The summed E-state index contributed by atoms with van der Waals surface area (Å²) in [5, 5.41) is 0. The molecule has 4 heteroatoms. The first-order valence-electron chi connectivity index (χ1n) is 30.5. The second-order valence-corrected chi connectivity index (χ2v) is 24.7. The number of benzene rings is 2. The van der Waals surface area contributed by atoms with Gasteiger partial charge in [0.25, 0.3) is 0 Å². The molecule has 0 aliphatic heterocycles. The lowest BCUT2D eigenvalue weighted by atomic mass is 10.0. The Morgan fingerprint density at radius 2 is 0.471 bits per heavy atom. The van der Waals surface area contributed by atoms with Gasteiger partial charge < -0.3 is 8.97 Å². The zero-order valence-electron chi connectivity index (χ0n) is 47.3. The van der Waals surface area contributed by atoms with Gasteiger partial charge in [-0.3, -0.25) is 0 Å². The summed E-state index contributed by atoms with van der Waals surface area (Å²) < 4.78 is 2.63. The molecule has 0 bridgehead atoms. The topological polar surface area (TPSA) is 0 Å². The van der Waals surface area contributed by atoms with E-state index >= 15 is 0 Å². The van der Waals surface area contributed by atoms with E-state index in [-0.39, 0.29) is 0 Å². The van der Waals surface area contributed by atoms with Crippen molar-refractivity contribution >= 4 is 21.6 Å². The van der Waals surface area contributed by atoms with E-state index in [2.05, 4.69) is 91.8 Å². The van der Waals surface area contributed by atoms with Crippen molar-refractivity contribution in [1.82, 2.24) is 0 Å². The van der Waals surface area contributed by atoms with Crippen molar-refractivity contribution in [3.05, 3.63) is 58.7 Å². The summed E-state index contributed by atoms with van der Waals surface area (Å²) in [6.45, 7) is 29.5. The Labute approximate surface area is 435 Å². The van der Waals surface area contributed by atoms with Crippen LogP contribution >= 0.6 is 21.6 Å². The number of rotatable bonds is 49. The van der Waals surface area contributed by atoms with E-state index in [0.29, 0.717) is 0 Å². The Bertz CT molecular complexity index is 1250. The number of aryl methyl sites for hydroxylation is 2. The quantitative estimate of drug-likeness (QED) is 0.0368. The summed E-state index contributed by atoms with van der Waals surface area (Å²) in [5.74, 6) is 0. The molecule has 0 N–H and O–H groups in total. The van der Waals surface area contributed by atoms with Gasteiger partial charge in [-0.15, -0.1) is 0 Å². The first-order valence-corrected chi connectivity index (χ1v) is 32.7. The molecule has 0 saturated carbocycles. The van der Waals surface area contributed by atoms with Gasteiger partial charge in [0, 0.05) is 20.9 Å². The number of hydrogen-bond acceptors (Lipinski definition) is 2. The van der Waals surface area contributed by atoms with Crippen molar-refractivity contribution in [2.75, 3.05) is 39.3 Å². The second kappa shape index (κ2) is 42.6. The van der Waals surface area contributed by atoms with Gasteiger partial charge in [0.15, 0.2) is 0 Å². The third-order valence-electron chi connectivity index (χ3n) is 15.4. The fraction of sp³-hybridized carbons (Fsp3) is 0.812. The standard InChI is InChI=1S/C64H118N2S2/c1-9-15-21-27-33-39-45-65(46-40-34-28-22-16-10-2,47-41-35-29-23-17-11-3)57-61-51-59(7)53-63(55-61)67-68-64-54-60(8)52-62(56-64)58-66(48-42-36-30-24-18-12-4,49-43-37-31-25-19-13-5)50-44-38-32-26-20-14-6/h51-56H,9-50,57-58H2,1-8H3/q+2. The lowest BCUT2D eigenvalue weighted by Crippen LogP contribution is -2.49. The molecule has 2 aromatic carbocycles. The maximum absolute atomic E-state index is 2.61. The summed E-state index contributed by atoms with van der Waals surface area (Å²) in [5.41, 5.74) is 6.05. The van der Waals surface area contributed by atoms with Gasteiger partial charge in [-0.2, -0.15) is 0 Å². The zero-order chi connectivity index (χ0) is 49.2. The van der Waals surface area contributed by atoms with E-state index in [1.54, 1.807) is 11.1 Å². The number of hydrogen-bond donors (Lipinski definition) is 0. The Hall–Kier alpha value is -0.940. The monoisotopic (exact) mass is 979 g/mol. The smallest absolute Gasteiger partial charge is 0.104 e. The highest BCUT2D eigenvalue weighted by Gasteiger charge is 2.29. The summed E-state index contributed by atoms with van der Waals surface area (Å²) in [4.78, 5) is 2.90. The third kappa shape index (κ3) is 31.5. The predicted octanol–water partition coefficient (Wildman–Crippen LogP) is 21.9. The van der Waals surface area contributed by atoms with E-state index < -0.39 is 0 Å². The van der Waals surface area contributed by atoms with Crippen LogP contribution in [0.25, 0.3) is 0 Å². The van der Waals surface area contributed by atoms with Crippen LogP contribution in [0.2, 0.25) is 0 Å². The molecular weight excluding hydrogens is 861 g/mol. The molecule has 0 spiro atoms. The van der Waals surface area contributed by atoms with Gasteiger partial charge in [0.2, 0.25) is 0 Å². The van der Waals surface area contributed by atoms with Gasteiger partial charge in [-0.25, -0.2) is 0 Å². The minimum atomic E-state index is 1.21. The Morgan fingerprint density at radius 3 is 0.691 bits per heavy atom. The summed E-state index contributed by atoms with van der Waals surface area (Å²) in [6.07, 6.45) is 50.3. The van der Waals surface area contributed by atoms with Crippen LogP contribution in [-0.4, -0.2) is 48.2 Å². The molecule has 68 heavy (non-hydrogen) atoms. The van der Waals surface area contributed by atoms with Gasteiger partial charge in [0.1, 0.15) is 13.1 Å². The van der Waals surface area contributed by atoms with Crippen LogP contribution in [-0.2, 0) is 13.1 Å². The molecule has 0 fully saturated rings. The first-order chi connectivity index (χ1) is 33.3. The minimum Gasteiger partial charge on any atom is -0.320 e. The number of quaternary nitrogens is 2. The zero-order valence-corrected chi connectivity index (χ0v) is 48.9. The summed E-state index contributed by atoms with van der Waals surface area (Å²) in [7, 11) is 4.05. The van der Waals surface area contributed by atoms with Gasteiger partial charge >= 0.3 is 0 Å². The van der Waals surface area contributed by atoms with Crippen LogP contribution in [0.5, 0.6) is 0 Å². The van der Waals surface area contributed by atoms with Gasteiger partial charge in [0.05, 0.1) is 39.3 Å². The van der Waals surface area contributed by atoms with E-state index in [9.17, 15) is 0 Å². The van der Waals surface area contributed by atoms with Crippen molar-refractivity contribution in [3.63, 3.8) is 0 Å². The molecule has 0 aromatic heterocycles. The van der Waals surface area contributed by atoms with Crippen LogP contribution in [0, 0.1) is 13.8 Å². The largest absolute Gasteiger partial charge is 0.320 e. The Morgan fingerprint density at radius 1 is 0.265 bits per heavy atom. The predicted molar refractivity (Wildman–Crippen MR) is 311 cm³/mol. The van der Waals surface area contributed by atoms with E-state index in [0.717, 1.165) is 0 Å². The Kier molecular flexibility index (Phi) is 39.5. The van der Waals surface area contributed by atoms with E-state index in [1.807, 2.05) is 21.6 Å². The molecule has 0 saturated heterocycles. The lowest BCUT2D eigenvalue weighted by molar-refractivity contribution is -0.941. The molecular formula is C64H118N2S2+2. The fourth-order valence-corrected chi connectivity index (χ4v) is 13.5. The van der Waals surface area contributed by atoms with Crippen LogP contribution < -0.4 is 0 Å². The number of unbranched alkanes of at least 4 members (excludes halogenated alkanes) is 30. The van der Waals surface area contributed by atoms with Crippen LogP contribution in [0.1, 0.15) is 295 Å². The van der Waals surface area contributed by atoms with Gasteiger partial charge in [-0.05, 0) is 126 Å². The molecule has 0 aliphatic rings. The van der Waals surface area contributed by atoms with Crippen LogP contribution in [0.15, 0.2) is 46.2 Å². The minimum absolute atomic E-state index is 1.21. The van der Waals surface area contributed by atoms with Crippen LogP contribution in [0.4, 0.5) is 0 Å². The first kappa shape index (κ1) is 63.2. The molecule has 2 rings (SSSR count). The van der Waals surface area contributed by atoms with Gasteiger partial charge in [-0.1, -0.05) is 229 Å². The van der Waals surface area contributed by atoms with Crippen molar-refractivity contribution < 1.29 is 8.97 Å². The molecule has 0 heterocycles. The van der Waals surface area contributed by atoms with E-state index in [1.165, 1.54) is 313 Å². The maximum Gasteiger partial charge on any atom is 0.104 e. The fourth-order valence-electron chi connectivity index (χ4n) is 11.3. The normalized spacial score (nSPS) is 12.2. The maximum atomic E-state index is 2.61. The highest BCUT2D eigenvalue weighted by molar-refractivity contribution is 8.76. The molecule has 0 radical (unpaired) electrons. The highest BCUT2D eigenvalue weighted by Crippen LogP contribution is 2.40. The second-order valence-electron chi connectivity index (χ2n) is 22.4. The van der Waals surface area contributed by atoms with Crippen LogP contribution in [0.3, 0.4) is 0 Å². The van der Waals surface area contributed by atoms with Crippen molar-refractivity contribution in [2.24, 2.45) is 0 Å². The summed E-state index contributed by atoms with van der Waals surface area (Å²) in [6, 6.07) is 15.3. The van der Waals surface area contributed by atoms with Crippen molar-refractivity contribution in [3.8, 4) is 0 Å². The molecule has 0 atom stereocenters. The average Bonchev–Trinajstić information content (AvgIpc) is 3.32. The van der Waals surface area contributed by atoms with E-state index in [4.69, 9.17) is 0 Å². The third-order valence-corrected chi connectivity index (χ3v) is 17.8. The average molecular weight is 980 g/mol. The number of nitrogens with zero attached hydrogens (tertiary/aromatic N) is 2. The molecule has 394 valence electrons. The summed E-state index contributed by atoms with van der Waals surface area (Å²) >= 11 is 0. The molecule has 0 unspecified atom stereocenters. The highest BCUT2D eigenvalue weighted by atomic mass is 33.1. The molecule has 2 nitrogen and oxygen atoms in total. The lowest BCUT2D eigenvalue weighted by Gasteiger charge is -2.40. The molecule has 0 aliphatic carbocycles.